The highest BCUT2D eigenvalue weighted by atomic mass is 79.9. The van der Waals surface area contributed by atoms with Crippen molar-refractivity contribution in [3.63, 3.8) is 0 Å². The van der Waals surface area contributed by atoms with E-state index in [9.17, 15) is 4.79 Å². The van der Waals surface area contributed by atoms with Gasteiger partial charge in [0.1, 0.15) is 6.33 Å². The molecule has 1 aliphatic heterocycles. The second-order valence-corrected chi connectivity index (χ2v) is 8.11. The molecule has 1 aromatic carbocycles. The summed E-state index contributed by atoms with van der Waals surface area (Å²) in [7, 11) is 1.39. The number of nitrogens with two attached hydrogens (primary N) is 1. The largest absolute Gasteiger partial charge is 0.469 e. The van der Waals surface area contributed by atoms with Crippen LogP contribution in [0.4, 0.5) is 5.82 Å². The molecule has 0 saturated heterocycles. The Bertz CT molecular complexity index is 1070. The topological polar surface area (TPSA) is 114 Å². The minimum Gasteiger partial charge on any atom is -0.469 e. The number of rotatable bonds is 7. The molecule has 0 amide bonds. The van der Waals surface area contributed by atoms with Crippen molar-refractivity contribution in [2.45, 2.75) is 35.9 Å². The molecule has 0 fully saturated rings. The van der Waals surface area contributed by atoms with Crippen molar-refractivity contribution in [3.8, 4) is 11.5 Å². The van der Waals surface area contributed by atoms with Gasteiger partial charge in [0, 0.05) is 22.3 Å². The molecule has 2 N–H and O–H groups in total. The number of nitrogen functional groups attached to an aromatic ring is 1. The van der Waals surface area contributed by atoms with Gasteiger partial charge in [0.2, 0.25) is 6.79 Å². The quantitative estimate of drug-likeness (QED) is 0.401. The predicted octanol–water partition coefficient (Wildman–Crippen LogP) is 3.39. The molecule has 29 heavy (non-hydrogen) atoms. The van der Waals surface area contributed by atoms with Gasteiger partial charge in [-0.3, -0.25) is 4.79 Å². The lowest BCUT2D eigenvalue weighted by Crippen LogP contribution is -2.04. The van der Waals surface area contributed by atoms with Crippen LogP contribution in [0.5, 0.6) is 11.5 Å². The van der Waals surface area contributed by atoms with E-state index in [0.29, 0.717) is 47.9 Å². The molecule has 152 valence electrons. The molecule has 9 nitrogen and oxygen atoms in total. The second-order valence-electron chi connectivity index (χ2n) is 6.25. The molecule has 11 heteroatoms. The van der Waals surface area contributed by atoms with Crippen molar-refractivity contribution in [1.82, 2.24) is 19.5 Å². The number of carbonyl (C=O) groups excluding carboxylic acids is 1. The SMILES string of the molecule is COC(=O)CCCCn1c(Sc2cc3c(cc2Br)OCO3)nc2c(N)ncnc21. The number of halogens is 1. The first-order valence-corrected chi connectivity index (χ1v) is 10.5. The van der Waals surface area contributed by atoms with E-state index < -0.39 is 0 Å². The lowest BCUT2D eigenvalue weighted by Gasteiger charge is -2.09. The molecular formula is C18H18BrN5O4S. The van der Waals surface area contributed by atoms with E-state index in [1.54, 1.807) is 0 Å². The fourth-order valence-electron chi connectivity index (χ4n) is 2.93. The average molecular weight is 480 g/mol. The number of hydrogen-bond donors (Lipinski definition) is 1. The van der Waals surface area contributed by atoms with E-state index in [1.807, 2.05) is 16.7 Å². The fourth-order valence-corrected chi connectivity index (χ4v) is 4.44. The molecule has 2 aromatic heterocycles. The van der Waals surface area contributed by atoms with Crippen molar-refractivity contribution in [1.29, 1.82) is 0 Å². The zero-order valence-corrected chi connectivity index (χ0v) is 18.0. The average Bonchev–Trinajstić information content (AvgIpc) is 3.30. The maximum Gasteiger partial charge on any atom is 0.305 e. The monoisotopic (exact) mass is 479 g/mol. The van der Waals surface area contributed by atoms with Crippen LogP contribution >= 0.6 is 27.7 Å². The lowest BCUT2D eigenvalue weighted by atomic mass is 10.2. The van der Waals surface area contributed by atoms with Crippen molar-refractivity contribution in [2.75, 3.05) is 19.6 Å². The number of aromatic nitrogens is 4. The van der Waals surface area contributed by atoms with Crippen molar-refractivity contribution >= 4 is 50.6 Å². The Labute approximate surface area is 179 Å². The molecule has 0 bridgehead atoms. The molecule has 0 saturated carbocycles. The molecule has 3 aromatic rings. The van der Waals surface area contributed by atoms with Gasteiger partial charge in [-0.25, -0.2) is 15.0 Å². The van der Waals surface area contributed by atoms with Crippen LogP contribution in [0.25, 0.3) is 11.2 Å². The molecule has 0 aliphatic carbocycles. The number of anilines is 1. The molecule has 0 atom stereocenters. The maximum atomic E-state index is 11.4. The van der Waals surface area contributed by atoms with Gasteiger partial charge in [-0.05, 0) is 40.9 Å². The highest BCUT2D eigenvalue weighted by Gasteiger charge is 2.20. The van der Waals surface area contributed by atoms with Gasteiger partial charge in [-0.15, -0.1) is 0 Å². The summed E-state index contributed by atoms with van der Waals surface area (Å²) < 4.78 is 18.5. The Morgan fingerprint density at radius 1 is 1.31 bits per heavy atom. The van der Waals surface area contributed by atoms with Crippen LogP contribution in [0.2, 0.25) is 0 Å². The summed E-state index contributed by atoms with van der Waals surface area (Å²) in [6.07, 6.45) is 3.26. The van der Waals surface area contributed by atoms with Crippen molar-refractivity contribution < 1.29 is 19.0 Å². The number of fused-ring (bicyclic) bond motifs is 2. The molecule has 0 unspecified atom stereocenters. The Morgan fingerprint density at radius 3 is 2.90 bits per heavy atom. The van der Waals surface area contributed by atoms with Gasteiger partial charge in [0.25, 0.3) is 0 Å². The van der Waals surface area contributed by atoms with Gasteiger partial charge in [0.15, 0.2) is 33.6 Å². The van der Waals surface area contributed by atoms with Gasteiger partial charge >= 0.3 is 5.97 Å². The first-order valence-electron chi connectivity index (χ1n) is 8.87. The first kappa shape index (κ1) is 19.8. The number of unbranched alkanes of at least 4 members (excludes halogenated alkanes) is 1. The van der Waals surface area contributed by atoms with Crippen LogP contribution in [0.15, 0.2) is 33.0 Å². The van der Waals surface area contributed by atoms with Crippen LogP contribution in [-0.2, 0) is 16.1 Å². The zero-order chi connectivity index (χ0) is 20.4. The normalized spacial score (nSPS) is 12.5. The summed E-state index contributed by atoms with van der Waals surface area (Å²) in [4.78, 5) is 25.3. The van der Waals surface area contributed by atoms with Crippen LogP contribution < -0.4 is 15.2 Å². The second kappa shape index (κ2) is 8.46. The van der Waals surface area contributed by atoms with Gasteiger partial charge in [-0.1, -0.05) is 11.8 Å². The van der Waals surface area contributed by atoms with E-state index >= 15 is 0 Å². The minimum absolute atomic E-state index is 0.209. The molecule has 3 heterocycles. The molecular weight excluding hydrogens is 462 g/mol. The van der Waals surface area contributed by atoms with E-state index in [4.69, 9.17) is 19.9 Å². The van der Waals surface area contributed by atoms with Crippen LogP contribution in [0.3, 0.4) is 0 Å². The number of hydrogen-bond acceptors (Lipinski definition) is 9. The number of esters is 1. The smallest absolute Gasteiger partial charge is 0.305 e. The molecule has 0 spiro atoms. The molecule has 4 rings (SSSR count). The van der Waals surface area contributed by atoms with E-state index in [-0.39, 0.29) is 12.8 Å². The van der Waals surface area contributed by atoms with Crippen LogP contribution in [0.1, 0.15) is 19.3 Å². The van der Waals surface area contributed by atoms with Crippen molar-refractivity contribution in [3.05, 3.63) is 22.9 Å². The van der Waals surface area contributed by atoms with Crippen molar-refractivity contribution in [2.24, 2.45) is 0 Å². The third-order valence-electron chi connectivity index (χ3n) is 4.39. The van der Waals surface area contributed by atoms with E-state index in [0.717, 1.165) is 20.9 Å². The van der Waals surface area contributed by atoms with E-state index in [1.165, 1.54) is 25.2 Å². The Balaban J connectivity index is 1.63. The van der Waals surface area contributed by atoms with Gasteiger partial charge in [-0.2, -0.15) is 0 Å². The third-order valence-corrected chi connectivity index (χ3v) is 6.36. The molecule has 0 radical (unpaired) electrons. The Morgan fingerprint density at radius 2 is 2.10 bits per heavy atom. The first-order chi connectivity index (χ1) is 14.1. The summed E-state index contributed by atoms with van der Waals surface area (Å²) in [6.45, 7) is 0.842. The number of aryl methyl sites for hydroxylation is 1. The van der Waals surface area contributed by atoms with Gasteiger partial charge in [0.05, 0.1) is 7.11 Å². The maximum absolute atomic E-state index is 11.4. The number of benzene rings is 1. The summed E-state index contributed by atoms with van der Waals surface area (Å²) in [6, 6.07) is 3.79. The summed E-state index contributed by atoms with van der Waals surface area (Å²) >= 11 is 5.05. The summed E-state index contributed by atoms with van der Waals surface area (Å²) in [5.41, 5.74) is 7.22. The van der Waals surface area contributed by atoms with Crippen LogP contribution in [0, 0.1) is 0 Å². The number of ether oxygens (including phenoxy) is 3. The standard InChI is InChI=1S/C18H18BrN5O4S/c1-26-14(25)4-2-3-5-24-17-15(16(20)21-8-22-17)23-18(24)29-13-7-12-11(6-10(13)19)27-9-28-12/h6-8H,2-5,9H2,1H3,(H2,20,21,22). The number of nitrogens with zero attached hydrogens (tertiary/aromatic N) is 4. The lowest BCUT2D eigenvalue weighted by molar-refractivity contribution is -0.140. The zero-order valence-electron chi connectivity index (χ0n) is 15.6. The third kappa shape index (κ3) is 4.10. The molecule has 1 aliphatic rings. The summed E-state index contributed by atoms with van der Waals surface area (Å²) in [5.74, 6) is 1.50. The summed E-state index contributed by atoms with van der Waals surface area (Å²) in [5, 5.41) is 0.727. The number of carbonyl (C=O) groups is 1. The highest BCUT2D eigenvalue weighted by Crippen LogP contribution is 2.43. The Hall–Kier alpha value is -2.53. The highest BCUT2D eigenvalue weighted by molar-refractivity contribution is 9.10. The number of imidazole rings is 1. The van der Waals surface area contributed by atoms with Gasteiger partial charge < -0.3 is 24.5 Å². The number of methoxy groups -OCH3 is 1. The predicted molar refractivity (Wildman–Crippen MR) is 110 cm³/mol. The van der Waals surface area contributed by atoms with E-state index in [2.05, 4.69) is 30.9 Å². The minimum atomic E-state index is -0.217. The fraction of sp³-hybridized carbons (Fsp3) is 0.333. The van der Waals surface area contributed by atoms with Crippen LogP contribution in [-0.4, -0.2) is 39.4 Å². The Kier molecular flexibility index (Phi) is 5.76.